The second-order valence-corrected chi connectivity index (χ2v) is 63.9. The molecule has 0 nitrogen and oxygen atoms in total. The molecule has 0 amide bonds. The summed E-state index contributed by atoms with van der Waals surface area (Å²) < 4.78 is 0.108. The molecular formula is C50H65Cl2SiZr. The van der Waals surface area contributed by atoms with Gasteiger partial charge in [0.05, 0.1) is 0 Å². The Morgan fingerprint density at radius 3 is 1.11 bits per heavy atom. The summed E-state index contributed by atoms with van der Waals surface area (Å²) in [5.41, 5.74) is 16.5. The van der Waals surface area contributed by atoms with Crippen molar-refractivity contribution in [3.63, 3.8) is 0 Å². The molecule has 0 N–H and O–H groups in total. The van der Waals surface area contributed by atoms with Gasteiger partial charge < -0.3 is 0 Å². The van der Waals surface area contributed by atoms with E-state index in [-0.39, 0.29) is 28.9 Å². The van der Waals surface area contributed by atoms with Crippen molar-refractivity contribution in [2.24, 2.45) is 10.8 Å². The van der Waals surface area contributed by atoms with Gasteiger partial charge in [-0.3, -0.25) is 0 Å². The van der Waals surface area contributed by atoms with Crippen molar-refractivity contribution in [3.05, 3.63) is 129 Å². The molecule has 0 aromatic heterocycles. The summed E-state index contributed by atoms with van der Waals surface area (Å²) in [6.45, 7) is 32.9. The van der Waals surface area contributed by atoms with Crippen molar-refractivity contribution in [2.75, 3.05) is 0 Å². The van der Waals surface area contributed by atoms with Crippen LogP contribution in [0.25, 0.3) is 34.4 Å². The molecule has 54 heavy (non-hydrogen) atoms. The summed E-state index contributed by atoms with van der Waals surface area (Å²) in [6, 6.07) is 32.4. The van der Waals surface area contributed by atoms with Crippen LogP contribution < -0.4 is 0 Å². The molecule has 2 aliphatic carbocycles. The maximum absolute atomic E-state index is 8.94. The molecule has 0 spiro atoms. The fourth-order valence-corrected chi connectivity index (χ4v) is 40.7. The topological polar surface area (TPSA) is 0 Å². The van der Waals surface area contributed by atoms with Crippen LogP contribution in [0.4, 0.5) is 0 Å². The van der Waals surface area contributed by atoms with Gasteiger partial charge >= 0.3 is 340 Å². The van der Waals surface area contributed by atoms with Gasteiger partial charge in [0.1, 0.15) is 0 Å². The van der Waals surface area contributed by atoms with E-state index in [1.54, 1.807) is 0 Å². The van der Waals surface area contributed by atoms with E-state index in [2.05, 4.69) is 193 Å². The van der Waals surface area contributed by atoms with E-state index >= 15 is 0 Å². The van der Waals surface area contributed by atoms with Crippen molar-refractivity contribution >= 4 is 35.1 Å². The molecule has 2 atom stereocenters. The summed E-state index contributed by atoms with van der Waals surface area (Å²) in [4.78, 5) is 0. The minimum absolute atomic E-state index is 0.0542. The van der Waals surface area contributed by atoms with E-state index in [1.165, 1.54) is 66.8 Å². The molecular weight excluding hydrogens is 791 g/mol. The van der Waals surface area contributed by atoms with Crippen LogP contribution in [0.3, 0.4) is 0 Å². The van der Waals surface area contributed by atoms with Gasteiger partial charge in [-0.15, -0.1) is 0 Å². The Morgan fingerprint density at radius 1 is 0.500 bits per heavy atom. The van der Waals surface area contributed by atoms with Crippen LogP contribution in [0.5, 0.6) is 0 Å². The van der Waals surface area contributed by atoms with E-state index in [0.717, 1.165) is 12.8 Å². The quantitative estimate of drug-likeness (QED) is 0.163. The average molecular weight is 856 g/mol. The molecule has 6 rings (SSSR count). The van der Waals surface area contributed by atoms with Crippen molar-refractivity contribution in [1.29, 1.82) is 0 Å². The molecule has 0 saturated heterocycles. The summed E-state index contributed by atoms with van der Waals surface area (Å²) in [5, 5.41) is 0. The number of hydrogen-bond acceptors (Lipinski definition) is 0. The van der Waals surface area contributed by atoms with Gasteiger partial charge in [-0.05, 0) is 0 Å². The molecule has 0 fully saturated rings. The van der Waals surface area contributed by atoms with Crippen molar-refractivity contribution in [3.8, 4) is 22.3 Å². The fourth-order valence-electron chi connectivity index (χ4n) is 9.40. The van der Waals surface area contributed by atoms with Crippen LogP contribution in [0, 0.1) is 10.8 Å². The Hall–Kier alpha value is -1.96. The Morgan fingerprint density at radius 2 is 0.833 bits per heavy atom. The van der Waals surface area contributed by atoms with E-state index < -0.39 is 21.5 Å². The van der Waals surface area contributed by atoms with Crippen molar-refractivity contribution in [2.45, 2.75) is 127 Å². The SMILES string of the molecule is C[SiH](C)[Zr]([Cl])([Cl])([CH]1C(CC(C)(C)C)=Cc2c(-c3ccc(C(C)(C)C)cc3)cccc21)[CH]1C(CC(C)(C)C)=Cc2c(-c3ccc(C(C)(C)C)cc3)cccc21. The zero-order chi connectivity index (χ0) is 39.8. The maximum atomic E-state index is 8.94. The number of allylic oxidation sites excluding steroid dienone is 2. The van der Waals surface area contributed by atoms with Crippen LogP contribution >= 0.6 is 17.0 Å². The van der Waals surface area contributed by atoms with Crippen LogP contribution in [-0.2, 0) is 26.4 Å². The monoisotopic (exact) mass is 853 g/mol. The summed E-state index contributed by atoms with van der Waals surface area (Å²) >= 11 is -5.01. The second-order valence-electron chi connectivity index (χ2n) is 21.4. The third-order valence-electron chi connectivity index (χ3n) is 12.1. The van der Waals surface area contributed by atoms with Crippen molar-refractivity contribution < 1.29 is 15.6 Å². The molecule has 2 unspecified atom stereocenters. The molecule has 287 valence electrons. The van der Waals surface area contributed by atoms with E-state index in [0.29, 0.717) is 0 Å². The Balaban J connectivity index is 1.59. The third kappa shape index (κ3) is 7.82. The number of halogens is 2. The zero-order valence-corrected chi connectivity index (χ0v) is 40.8. The van der Waals surface area contributed by atoms with Gasteiger partial charge in [0.2, 0.25) is 0 Å². The number of fused-ring (bicyclic) bond motifs is 2. The molecule has 4 aromatic carbocycles. The normalized spacial score (nSPS) is 18.6. The van der Waals surface area contributed by atoms with E-state index in [1.807, 2.05) is 0 Å². The molecule has 0 heterocycles. The third-order valence-corrected chi connectivity index (χ3v) is 64.0. The summed E-state index contributed by atoms with van der Waals surface area (Å²) in [6.07, 6.45) is 7.00. The fraction of sp³-hybridized carbons (Fsp3) is 0.440. The molecule has 0 bridgehead atoms. The van der Waals surface area contributed by atoms with Gasteiger partial charge in [0, 0.05) is 0 Å². The molecule has 2 aliphatic rings. The Bertz CT molecular complexity index is 1960. The summed E-state index contributed by atoms with van der Waals surface area (Å²) in [5.74, 6) is -1.72. The Kier molecular flexibility index (Phi) is 10.9. The van der Waals surface area contributed by atoms with Gasteiger partial charge in [0.15, 0.2) is 0 Å². The predicted molar refractivity (Wildman–Crippen MR) is 241 cm³/mol. The van der Waals surface area contributed by atoms with Crippen LogP contribution in [0.2, 0.25) is 13.1 Å². The second kappa shape index (κ2) is 14.1. The standard InChI is InChI=1S/2C24H29.C2H7Si.2ClH.Zr/c2*1-23(2,3)16-17-14-19-8-7-9-21(22(19)15-17)18-10-12-20(13-11-18)24(4,5)6;1-3-2;;;/h2*7-15H,16H2,1-6H3;3H,1-2H3;2*1H;/q;;;;;+2/p-2. The van der Waals surface area contributed by atoms with Crippen LogP contribution in [0.1, 0.15) is 137 Å². The Labute approximate surface area is 337 Å². The van der Waals surface area contributed by atoms with E-state index in [4.69, 9.17) is 17.0 Å². The van der Waals surface area contributed by atoms with Gasteiger partial charge in [0.25, 0.3) is 0 Å². The zero-order valence-electron chi connectivity index (χ0n) is 35.6. The molecule has 4 heteroatoms. The first-order valence-corrected chi connectivity index (χ1v) is 36.6. The number of hydrogen-bond donors (Lipinski definition) is 0. The first kappa shape index (κ1) is 41.7. The van der Waals surface area contributed by atoms with E-state index in [9.17, 15) is 0 Å². The molecule has 0 aliphatic heterocycles. The number of benzene rings is 4. The van der Waals surface area contributed by atoms with Gasteiger partial charge in [-0.2, -0.15) is 0 Å². The molecule has 0 saturated carbocycles. The van der Waals surface area contributed by atoms with Gasteiger partial charge in [-0.1, -0.05) is 0 Å². The number of rotatable bonds is 7. The molecule has 0 radical (unpaired) electrons. The first-order valence-electron chi connectivity index (χ1n) is 20.3. The predicted octanol–water partition coefficient (Wildman–Crippen LogP) is 16.0. The summed E-state index contributed by atoms with van der Waals surface area (Å²) in [7, 11) is 17.9. The van der Waals surface area contributed by atoms with Crippen molar-refractivity contribution in [1.82, 2.24) is 0 Å². The van der Waals surface area contributed by atoms with Crippen LogP contribution in [0.15, 0.2) is 96.1 Å². The van der Waals surface area contributed by atoms with Gasteiger partial charge in [-0.25, -0.2) is 0 Å². The minimum atomic E-state index is -5.01. The first-order chi connectivity index (χ1) is 24.8. The molecule has 4 aromatic rings. The van der Waals surface area contributed by atoms with Crippen LogP contribution in [-0.4, -0.2) is 5.92 Å². The average Bonchev–Trinajstić information content (AvgIpc) is 3.60.